The number of carbonyl (C=O) groups is 3. The highest BCUT2D eigenvalue weighted by Crippen LogP contribution is 2.27. The monoisotopic (exact) mass is 347 g/mol. The van der Waals surface area contributed by atoms with E-state index in [0.29, 0.717) is 5.57 Å². The SMILES string of the molecule is CCOC(=O)CC1=C[N+](C)(C(N)=O)CC=C1C(=O)c1ccc(F)cc1. The van der Waals surface area contributed by atoms with Crippen molar-refractivity contribution in [2.45, 2.75) is 13.3 Å². The van der Waals surface area contributed by atoms with E-state index in [4.69, 9.17) is 10.5 Å². The summed E-state index contributed by atoms with van der Waals surface area (Å²) in [6.45, 7) is 2.07. The van der Waals surface area contributed by atoms with Crippen LogP contribution in [0.5, 0.6) is 0 Å². The van der Waals surface area contributed by atoms with Gasteiger partial charge in [-0.15, -0.1) is 0 Å². The molecule has 2 rings (SSSR count). The van der Waals surface area contributed by atoms with E-state index in [1.54, 1.807) is 20.0 Å². The zero-order valence-electron chi connectivity index (χ0n) is 14.1. The fraction of sp³-hybridized carbons (Fsp3) is 0.278. The molecule has 0 aliphatic carbocycles. The molecular formula is C18H20FN2O4+. The van der Waals surface area contributed by atoms with Crippen LogP contribution in [0.1, 0.15) is 23.7 Å². The number of benzene rings is 1. The lowest BCUT2D eigenvalue weighted by atomic mass is 9.92. The second-order valence-electron chi connectivity index (χ2n) is 5.88. The molecule has 2 N–H and O–H groups in total. The Kier molecular flexibility index (Phi) is 5.48. The molecule has 2 amide bonds. The number of hydrogen-bond acceptors (Lipinski definition) is 4. The van der Waals surface area contributed by atoms with Gasteiger partial charge in [0, 0.05) is 16.7 Å². The highest BCUT2D eigenvalue weighted by molar-refractivity contribution is 6.12. The molecule has 1 aromatic carbocycles. The number of halogens is 1. The summed E-state index contributed by atoms with van der Waals surface area (Å²) in [5.41, 5.74) is 6.36. The molecule has 7 heteroatoms. The first-order chi connectivity index (χ1) is 11.8. The number of hydrogen-bond donors (Lipinski definition) is 1. The summed E-state index contributed by atoms with van der Waals surface area (Å²) in [5.74, 6) is -1.31. The fourth-order valence-corrected chi connectivity index (χ4v) is 2.54. The molecule has 0 aromatic heterocycles. The fourth-order valence-electron chi connectivity index (χ4n) is 2.54. The molecule has 6 nitrogen and oxygen atoms in total. The third-order valence-electron chi connectivity index (χ3n) is 3.96. The third kappa shape index (κ3) is 4.19. The van der Waals surface area contributed by atoms with Gasteiger partial charge in [0.2, 0.25) is 0 Å². The number of Topliss-reactive ketones (excluding diaryl/α,β-unsaturated/α-hetero) is 1. The van der Waals surface area contributed by atoms with Crippen LogP contribution < -0.4 is 5.73 Å². The second-order valence-corrected chi connectivity index (χ2v) is 5.88. The smallest absolute Gasteiger partial charge is 0.418 e. The Morgan fingerprint density at radius 3 is 2.44 bits per heavy atom. The van der Waals surface area contributed by atoms with E-state index in [2.05, 4.69) is 0 Å². The minimum atomic E-state index is -0.606. The van der Waals surface area contributed by atoms with Crippen LogP contribution in [-0.4, -0.2) is 42.5 Å². The first kappa shape index (κ1) is 18.5. The van der Waals surface area contributed by atoms with Crippen molar-refractivity contribution in [2.24, 2.45) is 5.73 Å². The maximum atomic E-state index is 13.1. The van der Waals surface area contributed by atoms with Crippen molar-refractivity contribution in [1.82, 2.24) is 0 Å². The summed E-state index contributed by atoms with van der Waals surface area (Å²) in [4.78, 5) is 36.3. The van der Waals surface area contributed by atoms with Crippen molar-refractivity contribution >= 4 is 17.8 Å². The number of rotatable bonds is 5. The number of quaternary nitrogens is 1. The second kappa shape index (κ2) is 7.40. The van der Waals surface area contributed by atoms with Crippen molar-refractivity contribution < 1.29 is 28.0 Å². The average molecular weight is 347 g/mol. The van der Waals surface area contributed by atoms with Gasteiger partial charge in [0.05, 0.1) is 20.1 Å². The van der Waals surface area contributed by atoms with E-state index < -0.39 is 17.8 Å². The minimum Gasteiger partial charge on any atom is -0.466 e. The summed E-state index contributed by atoms with van der Waals surface area (Å²) in [6, 6.07) is 4.52. The Labute approximate surface area is 144 Å². The molecule has 1 atom stereocenters. The molecule has 1 aliphatic rings. The van der Waals surface area contributed by atoms with Gasteiger partial charge in [-0.25, -0.2) is 13.7 Å². The maximum Gasteiger partial charge on any atom is 0.418 e. The van der Waals surface area contributed by atoms with Crippen molar-refractivity contribution in [3.8, 4) is 0 Å². The summed E-state index contributed by atoms with van der Waals surface area (Å²) < 4.78 is 17.7. The van der Waals surface area contributed by atoms with E-state index in [9.17, 15) is 18.8 Å². The molecule has 0 saturated heterocycles. The van der Waals surface area contributed by atoms with Gasteiger partial charge < -0.3 is 10.5 Å². The van der Waals surface area contributed by atoms with Gasteiger partial charge in [0.1, 0.15) is 18.6 Å². The number of likely N-dealkylation sites (N-methyl/N-ethyl adjacent to an activating group) is 1. The first-order valence-electron chi connectivity index (χ1n) is 7.80. The van der Waals surface area contributed by atoms with Crippen LogP contribution in [0.4, 0.5) is 9.18 Å². The van der Waals surface area contributed by atoms with E-state index >= 15 is 0 Å². The third-order valence-corrected chi connectivity index (χ3v) is 3.96. The molecule has 0 spiro atoms. The van der Waals surface area contributed by atoms with E-state index in [0.717, 1.165) is 0 Å². The zero-order chi connectivity index (χ0) is 18.6. The van der Waals surface area contributed by atoms with Gasteiger partial charge in [-0.1, -0.05) is 0 Å². The number of primary amides is 1. The lowest BCUT2D eigenvalue weighted by Crippen LogP contribution is -2.50. The number of allylic oxidation sites excluding steroid dienone is 1. The largest absolute Gasteiger partial charge is 0.466 e. The molecule has 1 unspecified atom stereocenters. The Bertz CT molecular complexity index is 768. The van der Waals surface area contributed by atoms with Crippen molar-refractivity contribution in [2.75, 3.05) is 20.2 Å². The van der Waals surface area contributed by atoms with Gasteiger partial charge in [0.15, 0.2) is 5.78 Å². The zero-order valence-corrected chi connectivity index (χ0v) is 14.1. The van der Waals surface area contributed by atoms with Crippen molar-refractivity contribution in [1.29, 1.82) is 0 Å². The molecule has 0 radical (unpaired) electrons. The number of amides is 2. The minimum absolute atomic E-state index is 0.159. The number of esters is 1. The normalized spacial score (nSPS) is 19.6. The quantitative estimate of drug-likeness (QED) is 0.503. The van der Waals surface area contributed by atoms with Gasteiger partial charge in [0.25, 0.3) is 0 Å². The van der Waals surface area contributed by atoms with Gasteiger partial charge in [-0.3, -0.25) is 9.59 Å². The molecule has 0 fully saturated rings. The topological polar surface area (TPSA) is 86.5 Å². The van der Waals surface area contributed by atoms with Crippen LogP contribution in [-0.2, 0) is 9.53 Å². The van der Waals surface area contributed by atoms with Crippen LogP contribution in [0.15, 0.2) is 47.7 Å². The Balaban J connectivity index is 2.37. The Hall–Kier alpha value is -2.80. The number of nitrogens with zero attached hydrogens (tertiary/aromatic N) is 1. The van der Waals surface area contributed by atoms with Crippen LogP contribution in [0.3, 0.4) is 0 Å². The molecular weight excluding hydrogens is 327 g/mol. The lowest BCUT2D eigenvalue weighted by molar-refractivity contribution is -0.769. The average Bonchev–Trinajstić information content (AvgIpc) is 2.55. The molecule has 1 aliphatic heterocycles. The molecule has 1 aromatic rings. The number of carbonyl (C=O) groups excluding carboxylic acids is 3. The first-order valence-corrected chi connectivity index (χ1v) is 7.80. The summed E-state index contributed by atoms with van der Waals surface area (Å²) in [7, 11) is 1.59. The lowest BCUT2D eigenvalue weighted by Gasteiger charge is -2.29. The van der Waals surface area contributed by atoms with Gasteiger partial charge in [-0.2, -0.15) is 0 Å². The van der Waals surface area contributed by atoms with Crippen molar-refractivity contribution in [3.63, 3.8) is 0 Å². The number of urea groups is 1. The number of ether oxygens (including phenoxy) is 1. The van der Waals surface area contributed by atoms with Crippen LogP contribution in [0.2, 0.25) is 0 Å². The summed E-state index contributed by atoms with van der Waals surface area (Å²) >= 11 is 0. The van der Waals surface area contributed by atoms with Crippen LogP contribution in [0.25, 0.3) is 0 Å². The summed E-state index contributed by atoms with van der Waals surface area (Å²) in [5, 5.41) is 0. The molecule has 25 heavy (non-hydrogen) atoms. The standard InChI is InChI=1S/C18H19FN2O4/c1-3-25-16(22)10-13-11-21(2,18(20)24)9-8-15(13)17(23)12-4-6-14(19)7-5-12/h4-8,11H,3,9-10H2,1-2H3,(H-,20,24)/p+1. The molecule has 0 saturated carbocycles. The van der Waals surface area contributed by atoms with Gasteiger partial charge in [-0.05, 0) is 37.3 Å². The van der Waals surface area contributed by atoms with Crippen LogP contribution in [0, 0.1) is 5.82 Å². The Morgan fingerprint density at radius 2 is 1.88 bits per heavy atom. The molecule has 0 bridgehead atoms. The van der Waals surface area contributed by atoms with E-state index in [1.165, 1.54) is 30.5 Å². The van der Waals surface area contributed by atoms with Crippen LogP contribution >= 0.6 is 0 Å². The maximum absolute atomic E-state index is 13.1. The Morgan fingerprint density at radius 1 is 1.24 bits per heavy atom. The van der Waals surface area contributed by atoms with E-state index in [-0.39, 0.29) is 41.0 Å². The predicted octanol–water partition coefficient (Wildman–Crippen LogP) is 2.31. The number of ketones is 1. The van der Waals surface area contributed by atoms with E-state index in [1.807, 2.05) is 0 Å². The van der Waals surface area contributed by atoms with Crippen molar-refractivity contribution in [3.05, 3.63) is 59.1 Å². The number of nitrogens with two attached hydrogens (primary N) is 1. The molecule has 1 heterocycles. The highest BCUT2D eigenvalue weighted by Gasteiger charge is 2.34. The van der Waals surface area contributed by atoms with Gasteiger partial charge >= 0.3 is 12.0 Å². The highest BCUT2D eigenvalue weighted by atomic mass is 19.1. The molecule has 132 valence electrons. The predicted molar refractivity (Wildman–Crippen MR) is 88.8 cm³/mol. The summed E-state index contributed by atoms with van der Waals surface area (Å²) in [6.07, 6.45) is 2.91.